The molecule has 1 fully saturated rings. The molecule has 7 heteroatoms. The first-order valence-electron chi connectivity index (χ1n) is 11.0. The van der Waals surface area contributed by atoms with E-state index in [1.165, 1.54) is 17.7 Å². The fourth-order valence-corrected chi connectivity index (χ4v) is 4.78. The molecule has 1 aliphatic carbocycles. The Balaban J connectivity index is 1.35. The van der Waals surface area contributed by atoms with Gasteiger partial charge in [-0.05, 0) is 67.6 Å². The molecule has 6 nitrogen and oxygen atoms in total. The van der Waals surface area contributed by atoms with E-state index in [1.807, 2.05) is 49.4 Å². The smallest absolute Gasteiger partial charge is 0.251 e. The van der Waals surface area contributed by atoms with Gasteiger partial charge in [-0.15, -0.1) is 0 Å². The number of hydrogen-bond acceptors (Lipinski definition) is 4. The first kappa shape index (κ1) is 23.0. The van der Waals surface area contributed by atoms with E-state index in [2.05, 4.69) is 16.1 Å². The van der Waals surface area contributed by atoms with Crippen LogP contribution in [0.15, 0.2) is 71.6 Å². The molecule has 0 heterocycles. The highest BCUT2D eigenvalue weighted by molar-refractivity contribution is 7.89. The summed E-state index contributed by atoms with van der Waals surface area (Å²) >= 11 is 0. The van der Waals surface area contributed by atoms with Gasteiger partial charge in [0.1, 0.15) is 12.4 Å². The monoisotopic (exact) mass is 464 g/mol. The number of carbonyl (C=O) groups excluding carboxylic acids is 1. The average molecular weight is 465 g/mol. The highest BCUT2D eigenvalue weighted by Crippen LogP contribution is 2.23. The zero-order valence-corrected chi connectivity index (χ0v) is 19.6. The van der Waals surface area contributed by atoms with Gasteiger partial charge >= 0.3 is 0 Å². The number of sulfonamides is 1. The molecule has 4 rings (SSSR count). The van der Waals surface area contributed by atoms with Gasteiger partial charge in [-0.1, -0.05) is 48.0 Å². The molecule has 0 bridgehead atoms. The lowest BCUT2D eigenvalue weighted by Crippen LogP contribution is -2.27. The van der Waals surface area contributed by atoms with E-state index in [0.29, 0.717) is 18.7 Å². The molecule has 0 atom stereocenters. The van der Waals surface area contributed by atoms with Crippen LogP contribution in [0.4, 0.5) is 0 Å². The first-order chi connectivity index (χ1) is 15.8. The SMILES string of the molecule is Cc1cccc(COc2ccc(CNC(=O)c3cc(S(=O)(=O)NC4CC4)ccc3C)cc2)c1. The maximum atomic E-state index is 12.8. The summed E-state index contributed by atoms with van der Waals surface area (Å²) in [6.07, 6.45) is 1.71. The van der Waals surface area contributed by atoms with Gasteiger partial charge in [0, 0.05) is 18.2 Å². The maximum absolute atomic E-state index is 12.8. The molecule has 2 N–H and O–H groups in total. The van der Waals surface area contributed by atoms with Crippen LogP contribution in [0.5, 0.6) is 5.75 Å². The van der Waals surface area contributed by atoms with Gasteiger partial charge in [-0.3, -0.25) is 4.79 Å². The number of rotatable bonds is 9. The van der Waals surface area contributed by atoms with E-state index in [9.17, 15) is 13.2 Å². The van der Waals surface area contributed by atoms with Crippen molar-refractivity contribution in [1.29, 1.82) is 0 Å². The Labute approximate surface area is 195 Å². The summed E-state index contributed by atoms with van der Waals surface area (Å²) in [5.74, 6) is 0.444. The predicted octanol–water partition coefficient (Wildman–Crippen LogP) is 4.25. The second-order valence-corrected chi connectivity index (χ2v) is 10.2. The molecule has 3 aromatic rings. The number of amides is 1. The molecule has 3 aromatic carbocycles. The van der Waals surface area contributed by atoms with Crippen molar-refractivity contribution in [3.05, 3.63) is 94.5 Å². The summed E-state index contributed by atoms with van der Waals surface area (Å²) in [6.45, 7) is 4.66. The van der Waals surface area contributed by atoms with Crippen LogP contribution in [0.25, 0.3) is 0 Å². The fraction of sp³-hybridized carbons (Fsp3) is 0.269. The minimum absolute atomic E-state index is 0.0114. The molecule has 1 amide bonds. The second kappa shape index (κ2) is 9.77. The van der Waals surface area contributed by atoms with Crippen LogP contribution in [0.1, 0.15) is 45.5 Å². The second-order valence-electron chi connectivity index (χ2n) is 8.48. The molecule has 0 unspecified atom stereocenters. The third kappa shape index (κ3) is 6.21. The van der Waals surface area contributed by atoms with Crippen LogP contribution < -0.4 is 14.8 Å². The largest absolute Gasteiger partial charge is 0.489 e. The van der Waals surface area contributed by atoms with Crippen molar-refractivity contribution in [2.45, 2.75) is 50.8 Å². The molecule has 33 heavy (non-hydrogen) atoms. The highest BCUT2D eigenvalue weighted by atomic mass is 32.2. The fourth-order valence-electron chi connectivity index (χ4n) is 3.45. The summed E-state index contributed by atoms with van der Waals surface area (Å²) in [6, 6.07) is 20.4. The molecule has 0 aliphatic heterocycles. The van der Waals surface area contributed by atoms with Gasteiger partial charge in [-0.25, -0.2) is 13.1 Å². The van der Waals surface area contributed by atoms with Gasteiger partial charge in [0.15, 0.2) is 0 Å². The van der Waals surface area contributed by atoms with Crippen molar-refractivity contribution in [2.24, 2.45) is 0 Å². The minimum Gasteiger partial charge on any atom is -0.489 e. The van der Waals surface area contributed by atoms with Crippen LogP contribution in [0.3, 0.4) is 0 Å². The van der Waals surface area contributed by atoms with Crippen molar-refractivity contribution in [2.75, 3.05) is 0 Å². The molecule has 0 spiro atoms. The summed E-state index contributed by atoms with van der Waals surface area (Å²) < 4.78 is 33.5. The summed E-state index contributed by atoms with van der Waals surface area (Å²) in [7, 11) is -3.61. The van der Waals surface area contributed by atoms with Crippen LogP contribution in [0.2, 0.25) is 0 Å². The van der Waals surface area contributed by atoms with Crippen molar-refractivity contribution in [1.82, 2.24) is 10.0 Å². The molecular weight excluding hydrogens is 436 g/mol. The van der Waals surface area contributed by atoms with Crippen LogP contribution in [-0.2, 0) is 23.2 Å². The Morgan fingerprint density at radius 2 is 1.73 bits per heavy atom. The van der Waals surface area contributed by atoms with Gasteiger partial charge in [0.2, 0.25) is 10.0 Å². The Morgan fingerprint density at radius 1 is 0.970 bits per heavy atom. The summed E-state index contributed by atoms with van der Waals surface area (Å²) in [5, 5.41) is 2.88. The van der Waals surface area contributed by atoms with E-state index in [-0.39, 0.29) is 16.8 Å². The first-order valence-corrected chi connectivity index (χ1v) is 12.5. The third-order valence-corrected chi connectivity index (χ3v) is 7.05. The molecule has 0 saturated heterocycles. The molecule has 172 valence electrons. The molecule has 0 aromatic heterocycles. The van der Waals surface area contributed by atoms with Crippen molar-refractivity contribution in [3.63, 3.8) is 0 Å². The lowest BCUT2D eigenvalue weighted by molar-refractivity contribution is 0.0950. The third-order valence-electron chi connectivity index (χ3n) is 5.53. The predicted molar refractivity (Wildman–Crippen MR) is 128 cm³/mol. The quantitative estimate of drug-likeness (QED) is 0.496. The van der Waals surface area contributed by atoms with Gasteiger partial charge in [0.25, 0.3) is 5.91 Å². The van der Waals surface area contributed by atoms with Gasteiger partial charge in [0.05, 0.1) is 4.90 Å². The number of nitrogens with one attached hydrogen (secondary N) is 2. The van der Waals surface area contributed by atoms with E-state index in [4.69, 9.17) is 4.74 Å². The van der Waals surface area contributed by atoms with E-state index in [1.54, 1.807) is 13.0 Å². The van der Waals surface area contributed by atoms with Gasteiger partial charge < -0.3 is 10.1 Å². The normalized spacial score (nSPS) is 13.5. The highest BCUT2D eigenvalue weighted by Gasteiger charge is 2.28. The number of hydrogen-bond donors (Lipinski definition) is 2. The standard InChI is InChI=1S/C26H28N2O4S/c1-18-4-3-5-21(14-18)17-32-23-11-7-20(8-12-23)16-27-26(29)25-15-24(13-6-19(25)2)33(30,31)28-22-9-10-22/h3-8,11-15,22,28H,9-10,16-17H2,1-2H3,(H,27,29). The van der Waals surface area contributed by atoms with Crippen molar-refractivity contribution in [3.8, 4) is 5.75 Å². The average Bonchev–Trinajstić information content (AvgIpc) is 3.60. The minimum atomic E-state index is -3.61. The zero-order valence-electron chi connectivity index (χ0n) is 18.8. The number of benzene rings is 3. The topological polar surface area (TPSA) is 84.5 Å². The maximum Gasteiger partial charge on any atom is 0.251 e. The summed E-state index contributed by atoms with van der Waals surface area (Å²) in [4.78, 5) is 12.9. The lowest BCUT2D eigenvalue weighted by Gasteiger charge is -2.12. The van der Waals surface area contributed by atoms with Crippen molar-refractivity contribution >= 4 is 15.9 Å². The summed E-state index contributed by atoms with van der Waals surface area (Å²) in [5.41, 5.74) is 4.30. The molecule has 0 radical (unpaired) electrons. The lowest BCUT2D eigenvalue weighted by atomic mass is 10.1. The van der Waals surface area contributed by atoms with E-state index >= 15 is 0 Å². The number of aryl methyl sites for hydroxylation is 2. The molecule has 1 aliphatic rings. The van der Waals surface area contributed by atoms with E-state index < -0.39 is 10.0 Å². The Morgan fingerprint density at radius 3 is 2.42 bits per heavy atom. The van der Waals surface area contributed by atoms with Gasteiger partial charge in [-0.2, -0.15) is 0 Å². The Kier molecular flexibility index (Phi) is 6.81. The van der Waals surface area contributed by atoms with Crippen LogP contribution in [0, 0.1) is 13.8 Å². The van der Waals surface area contributed by atoms with E-state index in [0.717, 1.165) is 35.3 Å². The Bertz CT molecular complexity index is 1250. The molecular formula is C26H28N2O4S. The molecule has 1 saturated carbocycles. The number of carbonyl (C=O) groups is 1. The van der Waals surface area contributed by atoms with Crippen molar-refractivity contribution < 1.29 is 17.9 Å². The zero-order chi connectivity index (χ0) is 23.4. The van der Waals surface area contributed by atoms with Crippen LogP contribution in [-0.4, -0.2) is 20.4 Å². The van der Waals surface area contributed by atoms with Crippen LogP contribution >= 0.6 is 0 Å². The Hall–Kier alpha value is -3.16. The number of ether oxygens (including phenoxy) is 1.